The molecule has 0 aliphatic carbocycles. The Morgan fingerprint density at radius 3 is 2.80 bits per heavy atom. The molecule has 1 aliphatic heterocycles. The van der Waals surface area contributed by atoms with E-state index in [9.17, 15) is 5.26 Å². The van der Waals surface area contributed by atoms with Crippen molar-refractivity contribution in [2.45, 2.75) is 19.3 Å². The SMILES string of the molecule is CC1(C)CN(c2nccnc2C#N)c2cccc(Cl)c21. The van der Waals surface area contributed by atoms with E-state index in [1.54, 1.807) is 6.20 Å². The molecular formula is C15H13ClN4. The van der Waals surface area contributed by atoms with Crippen molar-refractivity contribution < 1.29 is 0 Å². The highest BCUT2D eigenvalue weighted by Crippen LogP contribution is 2.47. The monoisotopic (exact) mass is 284 g/mol. The van der Waals surface area contributed by atoms with Gasteiger partial charge in [-0.25, -0.2) is 9.97 Å². The van der Waals surface area contributed by atoms with Crippen LogP contribution in [0.5, 0.6) is 0 Å². The van der Waals surface area contributed by atoms with Crippen molar-refractivity contribution in [1.82, 2.24) is 9.97 Å². The van der Waals surface area contributed by atoms with Gasteiger partial charge in [-0.3, -0.25) is 0 Å². The second-order valence-electron chi connectivity index (χ2n) is 5.44. The van der Waals surface area contributed by atoms with Crippen LogP contribution < -0.4 is 4.90 Å². The van der Waals surface area contributed by atoms with Crippen molar-refractivity contribution in [3.05, 3.63) is 46.9 Å². The predicted molar refractivity (Wildman–Crippen MR) is 78.2 cm³/mol. The molecule has 0 saturated heterocycles. The van der Waals surface area contributed by atoms with Gasteiger partial charge in [0, 0.05) is 40.6 Å². The Balaban J connectivity index is 2.21. The molecular weight excluding hydrogens is 272 g/mol. The predicted octanol–water partition coefficient (Wildman–Crippen LogP) is 3.43. The van der Waals surface area contributed by atoms with E-state index in [1.807, 2.05) is 23.1 Å². The Bertz CT molecular complexity index is 718. The average Bonchev–Trinajstić information content (AvgIpc) is 2.71. The second kappa shape index (κ2) is 4.46. The van der Waals surface area contributed by atoms with E-state index in [1.165, 1.54) is 6.20 Å². The quantitative estimate of drug-likeness (QED) is 0.805. The molecule has 5 heteroatoms. The molecule has 3 rings (SSSR count). The standard InChI is InChI=1S/C15H13ClN4/c1-15(2)9-20(12-5-3-4-10(16)13(12)15)14-11(8-17)18-6-7-19-14/h3-7H,9H2,1-2H3. The molecule has 0 atom stereocenters. The summed E-state index contributed by atoms with van der Waals surface area (Å²) in [6, 6.07) is 7.91. The van der Waals surface area contributed by atoms with Crippen LogP contribution in [0.2, 0.25) is 5.02 Å². The van der Waals surface area contributed by atoms with Crippen LogP contribution in [0.15, 0.2) is 30.6 Å². The Kier molecular flexibility index (Phi) is 2.88. The van der Waals surface area contributed by atoms with E-state index in [0.717, 1.165) is 22.8 Å². The molecule has 1 aliphatic rings. The van der Waals surface area contributed by atoms with Gasteiger partial charge in [-0.1, -0.05) is 31.5 Å². The minimum atomic E-state index is -0.0993. The minimum Gasteiger partial charge on any atom is -0.323 e. The molecule has 4 nitrogen and oxygen atoms in total. The Morgan fingerprint density at radius 1 is 1.30 bits per heavy atom. The number of anilines is 2. The summed E-state index contributed by atoms with van der Waals surface area (Å²) in [6.07, 6.45) is 3.13. The summed E-state index contributed by atoms with van der Waals surface area (Å²) < 4.78 is 0. The number of rotatable bonds is 1. The topological polar surface area (TPSA) is 52.8 Å². The number of halogens is 1. The number of hydrogen-bond donors (Lipinski definition) is 0. The van der Waals surface area contributed by atoms with Gasteiger partial charge in [0.2, 0.25) is 0 Å². The zero-order chi connectivity index (χ0) is 14.3. The first kappa shape index (κ1) is 12.9. The summed E-state index contributed by atoms with van der Waals surface area (Å²) in [4.78, 5) is 10.4. The van der Waals surface area contributed by atoms with Gasteiger partial charge in [-0.15, -0.1) is 0 Å². The molecule has 2 heterocycles. The summed E-state index contributed by atoms with van der Waals surface area (Å²) in [5.41, 5.74) is 2.32. The Hall–Kier alpha value is -2.12. The maximum absolute atomic E-state index is 9.21. The first-order chi connectivity index (χ1) is 9.54. The molecule has 0 spiro atoms. The average molecular weight is 285 g/mol. The van der Waals surface area contributed by atoms with Crippen molar-refractivity contribution in [1.29, 1.82) is 5.26 Å². The summed E-state index contributed by atoms with van der Waals surface area (Å²) in [5, 5.41) is 9.95. The van der Waals surface area contributed by atoms with Gasteiger partial charge in [-0.2, -0.15) is 5.26 Å². The van der Waals surface area contributed by atoms with Crippen LogP contribution in [0.4, 0.5) is 11.5 Å². The van der Waals surface area contributed by atoms with Gasteiger partial charge in [0.05, 0.1) is 0 Å². The number of nitriles is 1. The normalized spacial score (nSPS) is 15.8. The molecule has 1 aromatic carbocycles. The zero-order valence-corrected chi connectivity index (χ0v) is 12.0. The zero-order valence-electron chi connectivity index (χ0n) is 11.3. The van der Waals surface area contributed by atoms with Gasteiger partial charge in [-0.05, 0) is 12.1 Å². The first-order valence-electron chi connectivity index (χ1n) is 6.32. The van der Waals surface area contributed by atoms with E-state index >= 15 is 0 Å². The molecule has 0 radical (unpaired) electrons. The van der Waals surface area contributed by atoms with Gasteiger partial charge in [0.25, 0.3) is 0 Å². The first-order valence-corrected chi connectivity index (χ1v) is 6.70. The highest BCUT2D eigenvalue weighted by atomic mass is 35.5. The van der Waals surface area contributed by atoms with E-state index in [0.29, 0.717) is 11.5 Å². The summed E-state index contributed by atoms with van der Waals surface area (Å²) in [7, 11) is 0. The molecule has 0 saturated carbocycles. The third-order valence-corrected chi connectivity index (χ3v) is 3.87. The van der Waals surface area contributed by atoms with Crippen LogP contribution in [0.25, 0.3) is 0 Å². The second-order valence-corrected chi connectivity index (χ2v) is 5.85. The van der Waals surface area contributed by atoms with Crippen molar-refractivity contribution in [3.8, 4) is 6.07 Å². The Labute approximate surface area is 122 Å². The van der Waals surface area contributed by atoms with E-state index < -0.39 is 0 Å². The summed E-state index contributed by atoms with van der Waals surface area (Å²) in [5.74, 6) is 0.587. The molecule has 0 N–H and O–H groups in total. The van der Waals surface area contributed by atoms with E-state index in [4.69, 9.17) is 11.6 Å². The lowest BCUT2D eigenvalue weighted by atomic mass is 9.87. The van der Waals surface area contributed by atoms with Gasteiger partial charge < -0.3 is 4.90 Å². The van der Waals surface area contributed by atoms with E-state index in [2.05, 4.69) is 29.9 Å². The van der Waals surface area contributed by atoms with E-state index in [-0.39, 0.29) is 5.41 Å². The van der Waals surface area contributed by atoms with Crippen LogP contribution in [0, 0.1) is 11.3 Å². The minimum absolute atomic E-state index is 0.0993. The Morgan fingerprint density at radius 2 is 2.05 bits per heavy atom. The van der Waals surface area contributed by atoms with Crippen molar-refractivity contribution in [3.63, 3.8) is 0 Å². The number of hydrogen-bond acceptors (Lipinski definition) is 4. The fraction of sp³-hybridized carbons (Fsp3) is 0.267. The third kappa shape index (κ3) is 1.83. The fourth-order valence-corrected chi connectivity index (χ4v) is 3.19. The molecule has 0 unspecified atom stereocenters. The smallest absolute Gasteiger partial charge is 0.183 e. The third-order valence-electron chi connectivity index (χ3n) is 3.55. The largest absolute Gasteiger partial charge is 0.323 e. The fourth-order valence-electron chi connectivity index (χ4n) is 2.76. The number of nitrogens with zero attached hydrogens (tertiary/aromatic N) is 4. The highest BCUT2D eigenvalue weighted by Gasteiger charge is 2.38. The van der Waals surface area contributed by atoms with Crippen LogP contribution in [0.1, 0.15) is 25.1 Å². The molecule has 0 amide bonds. The lowest BCUT2D eigenvalue weighted by molar-refractivity contribution is 0.567. The molecule has 2 aromatic rings. The van der Waals surface area contributed by atoms with Crippen molar-refractivity contribution in [2.24, 2.45) is 0 Å². The molecule has 20 heavy (non-hydrogen) atoms. The maximum atomic E-state index is 9.21. The van der Waals surface area contributed by atoms with Crippen LogP contribution in [-0.2, 0) is 5.41 Å². The highest BCUT2D eigenvalue weighted by molar-refractivity contribution is 6.32. The van der Waals surface area contributed by atoms with Crippen LogP contribution in [0.3, 0.4) is 0 Å². The number of fused-ring (bicyclic) bond motifs is 1. The lowest BCUT2D eigenvalue weighted by Crippen LogP contribution is -2.26. The molecule has 100 valence electrons. The lowest BCUT2D eigenvalue weighted by Gasteiger charge is -2.21. The van der Waals surface area contributed by atoms with Crippen molar-refractivity contribution >= 4 is 23.1 Å². The van der Waals surface area contributed by atoms with Crippen molar-refractivity contribution in [2.75, 3.05) is 11.4 Å². The summed E-state index contributed by atoms with van der Waals surface area (Å²) >= 11 is 6.35. The maximum Gasteiger partial charge on any atom is 0.183 e. The summed E-state index contributed by atoms with van der Waals surface area (Å²) in [6.45, 7) is 5.00. The number of aromatic nitrogens is 2. The molecule has 1 aromatic heterocycles. The van der Waals surface area contributed by atoms with Gasteiger partial charge in [0.15, 0.2) is 11.5 Å². The molecule has 0 fully saturated rings. The molecule has 0 bridgehead atoms. The van der Waals surface area contributed by atoms with Gasteiger partial charge in [0.1, 0.15) is 6.07 Å². The number of benzene rings is 1. The van der Waals surface area contributed by atoms with Gasteiger partial charge >= 0.3 is 0 Å². The van der Waals surface area contributed by atoms with Crippen LogP contribution in [-0.4, -0.2) is 16.5 Å². The van der Waals surface area contributed by atoms with Crippen LogP contribution >= 0.6 is 11.6 Å².